The molecule has 5 nitrogen and oxygen atoms in total. The lowest BCUT2D eigenvalue weighted by atomic mass is 9.97. The number of amides is 2. The number of allylic oxidation sites excluding steroid dienone is 1. The van der Waals surface area contributed by atoms with E-state index in [0.717, 1.165) is 30.6 Å². The highest BCUT2D eigenvalue weighted by Gasteiger charge is 2.12. The van der Waals surface area contributed by atoms with Gasteiger partial charge in [0.2, 0.25) is 11.8 Å². The Bertz CT molecular complexity index is 655. The smallest absolute Gasteiger partial charge is 0.221 e. The molecule has 0 atom stereocenters. The number of rotatable bonds is 10. The van der Waals surface area contributed by atoms with Crippen molar-refractivity contribution >= 4 is 11.8 Å². The normalized spacial score (nSPS) is 13.6. The van der Waals surface area contributed by atoms with E-state index in [-0.39, 0.29) is 11.8 Å². The maximum atomic E-state index is 12.1. The summed E-state index contributed by atoms with van der Waals surface area (Å²) in [5, 5.41) is 2.98. The Balaban J connectivity index is 1.70. The van der Waals surface area contributed by atoms with Crippen molar-refractivity contribution in [3.05, 3.63) is 41.5 Å². The van der Waals surface area contributed by atoms with Crippen molar-refractivity contribution in [3.8, 4) is 5.75 Å². The number of hydrogen-bond acceptors (Lipinski definition) is 3. The fraction of sp³-hybridized carbons (Fsp3) is 0.545. The van der Waals surface area contributed by atoms with E-state index in [9.17, 15) is 9.59 Å². The van der Waals surface area contributed by atoms with Crippen LogP contribution in [0.25, 0.3) is 0 Å². The van der Waals surface area contributed by atoms with Gasteiger partial charge in [0, 0.05) is 33.0 Å². The Morgan fingerprint density at radius 3 is 2.74 bits per heavy atom. The van der Waals surface area contributed by atoms with Crippen LogP contribution in [-0.2, 0) is 16.0 Å². The van der Waals surface area contributed by atoms with Gasteiger partial charge in [-0.25, -0.2) is 0 Å². The van der Waals surface area contributed by atoms with Gasteiger partial charge in [0.05, 0.1) is 7.11 Å². The van der Waals surface area contributed by atoms with Gasteiger partial charge in [0.15, 0.2) is 0 Å². The van der Waals surface area contributed by atoms with Crippen molar-refractivity contribution in [2.24, 2.45) is 0 Å². The maximum Gasteiger partial charge on any atom is 0.221 e. The van der Waals surface area contributed by atoms with Gasteiger partial charge >= 0.3 is 0 Å². The largest absolute Gasteiger partial charge is 0.497 e. The van der Waals surface area contributed by atoms with Crippen LogP contribution in [0.15, 0.2) is 35.9 Å². The summed E-state index contributed by atoms with van der Waals surface area (Å²) < 4.78 is 5.23. The summed E-state index contributed by atoms with van der Waals surface area (Å²) in [4.78, 5) is 25.7. The molecule has 1 aromatic carbocycles. The number of benzene rings is 1. The molecule has 1 aliphatic carbocycles. The molecule has 1 N–H and O–H groups in total. The Kier molecular flexibility index (Phi) is 8.89. The van der Waals surface area contributed by atoms with E-state index in [4.69, 9.17) is 4.74 Å². The quantitative estimate of drug-likeness (QED) is 0.640. The molecule has 0 unspecified atom stereocenters. The van der Waals surface area contributed by atoms with Crippen molar-refractivity contribution in [1.82, 2.24) is 10.2 Å². The zero-order valence-corrected chi connectivity index (χ0v) is 16.6. The molecule has 2 amide bonds. The molecule has 0 saturated carbocycles. The third-order valence-electron chi connectivity index (χ3n) is 5.01. The lowest BCUT2D eigenvalue weighted by molar-refractivity contribution is -0.129. The van der Waals surface area contributed by atoms with E-state index in [0.29, 0.717) is 26.1 Å². The number of nitrogens with one attached hydrogen (secondary N) is 1. The molecule has 2 rings (SSSR count). The first-order valence-corrected chi connectivity index (χ1v) is 9.91. The molecule has 5 heteroatoms. The molecule has 0 aromatic heterocycles. The number of methoxy groups -OCH3 is 1. The fourth-order valence-corrected chi connectivity index (χ4v) is 3.34. The molecule has 0 heterocycles. The third-order valence-corrected chi connectivity index (χ3v) is 5.01. The molecule has 0 fully saturated rings. The summed E-state index contributed by atoms with van der Waals surface area (Å²) in [5.41, 5.74) is 2.58. The highest BCUT2D eigenvalue weighted by Crippen LogP contribution is 2.19. The van der Waals surface area contributed by atoms with Crippen molar-refractivity contribution in [2.45, 2.75) is 51.9 Å². The van der Waals surface area contributed by atoms with E-state index in [2.05, 4.69) is 11.4 Å². The summed E-state index contributed by atoms with van der Waals surface area (Å²) >= 11 is 0. The van der Waals surface area contributed by atoms with Crippen LogP contribution >= 0.6 is 0 Å². The highest BCUT2D eigenvalue weighted by atomic mass is 16.5. The summed E-state index contributed by atoms with van der Waals surface area (Å²) in [6.45, 7) is 3.30. The van der Waals surface area contributed by atoms with E-state index in [1.807, 2.05) is 24.3 Å². The first kappa shape index (κ1) is 21.0. The van der Waals surface area contributed by atoms with Gasteiger partial charge in [-0.15, -0.1) is 0 Å². The second-order valence-electron chi connectivity index (χ2n) is 7.07. The topological polar surface area (TPSA) is 58.6 Å². The van der Waals surface area contributed by atoms with Crippen LogP contribution in [-0.4, -0.2) is 43.5 Å². The van der Waals surface area contributed by atoms with Crippen LogP contribution in [0.3, 0.4) is 0 Å². The molecular weight excluding hydrogens is 340 g/mol. The van der Waals surface area contributed by atoms with Crippen LogP contribution in [0.4, 0.5) is 0 Å². The molecule has 0 aliphatic heterocycles. The highest BCUT2D eigenvalue weighted by molar-refractivity contribution is 5.78. The monoisotopic (exact) mass is 372 g/mol. The predicted octanol–water partition coefficient (Wildman–Crippen LogP) is 3.48. The molecule has 1 aliphatic rings. The zero-order chi connectivity index (χ0) is 19.5. The third kappa shape index (κ3) is 7.85. The van der Waals surface area contributed by atoms with Gasteiger partial charge in [-0.2, -0.15) is 0 Å². The van der Waals surface area contributed by atoms with Gasteiger partial charge in [-0.1, -0.05) is 23.8 Å². The number of carbonyl (C=O) groups is 2. The van der Waals surface area contributed by atoms with E-state index < -0.39 is 0 Å². The van der Waals surface area contributed by atoms with E-state index in [1.54, 1.807) is 18.9 Å². The van der Waals surface area contributed by atoms with Crippen LogP contribution in [0.5, 0.6) is 5.75 Å². The standard InChI is InChI=1S/C22H32N2O3/c1-18(25)24(15-12-20-9-6-10-21(17-20)27-2)16-13-22(26)23-14-11-19-7-4-3-5-8-19/h6-7,9-10,17H,3-5,8,11-16H2,1-2H3,(H,23,26). The van der Waals surface area contributed by atoms with Gasteiger partial charge in [0.1, 0.15) is 5.75 Å². The molecule has 0 radical (unpaired) electrons. The van der Waals surface area contributed by atoms with Crippen LogP contribution in [0.1, 0.15) is 51.0 Å². The van der Waals surface area contributed by atoms with Gasteiger partial charge in [-0.05, 0) is 56.2 Å². The molecule has 0 saturated heterocycles. The molecule has 0 bridgehead atoms. The second kappa shape index (κ2) is 11.4. The summed E-state index contributed by atoms with van der Waals surface area (Å²) in [6.07, 6.45) is 9.22. The molecule has 1 aromatic rings. The number of hydrogen-bond donors (Lipinski definition) is 1. The minimum absolute atomic E-state index is 0.00180. The number of ether oxygens (including phenoxy) is 1. The molecule has 148 valence electrons. The maximum absolute atomic E-state index is 12.1. The van der Waals surface area contributed by atoms with E-state index >= 15 is 0 Å². The Morgan fingerprint density at radius 2 is 2.04 bits per heavy atom. The minimum Gasteiger partial charge on any atom is -0.497 e. The van der Waals surface area contributed by atoms with Crippen molar-refractivity contribution in [3.63, 3.8) is 0 Å². The summed E-state index contributed by atoms with van der Waals surface area (Å²) in [7, 11) is 1.64. The average molecular weight is 373 g/mol. The molecule has 27 heavy (non-hydrogen) atoms. The molecule has 0 spiro atoms. The second-order valence-corrected chi connectivity index (χ2v) is 7.07. The van der Waals surface area contributed by atoms with Gasteiger partial charge in [-0.3, -0.25) is 9.59 Å². The average Bonchev–Trinajstić information content (AvgIpc) is 2.68. The van der Waals surface area contributed by atoms with E-state index in [1.165, 1.54) is 24.8 Å². The molecular formula is C22H32N2O3. The first-order valence-electron chi connectivity index (χ1n) is 9.91. The SMILES string of the molecule is COc1cccc(CCN(CCC(=O)NCCC2=CCCCC2)C(C)=O)c1. The fourth-order valence-electron chi connectivity index (χ4n) is 3.34. The van der Waals surface area contributed by atoms with Gasteiger partial charge < -0.3 is 15.0 Å². The lowest BCUT2D eigenvalue weighted by Gasteiger charge is -2.21. The van der Waals surface area contributed by atoms with Crippen molar-refractivity contribution < 1.29 is 14.3 Å². The first-order chi connectivity index (χ1) is 13.1. The Hall–Kier alpha value is -2.30. The van der Waals surface area contributed by atoms with Crippen LogP contribution < -0.4 is 10.1 Å². The van der Waals surface area contributed by atoms with Crippen LogP contribution in [0, 0.1) is 0 Å². The lowest BCUT2D eigenvalue weighted by Crippen LogP contribution is -2.35. The van der Waals surface area contributed by atoms with Gasteiger partial charge in [0.25, 0.3) is 0 Å². The van der Waals surface area contributed by atoms with Crippen LogP contribution in [0.2, 0.25) is 0 Å². The minimum atomic E-state index is -0.00180. The number of carbonyl (C=O) groups excluding carboxylic acids is 2. The number of nitrogens with zero attached hydrogens (tertiary/aromatic N) is 1. The summed E-state index contributed by atoms with van der Waals surface area (Å²) in [5.74, 6) is 0.825. The van der Waals surface area contributed by atoms with Crippen molar-refractivity contribution in [2.75, 3.05) is 26.7 Å². The van der Waals surface area contributed by atoms with Crippen molar-refractivity contribution in [1.29, 1.82) is 0 Å². The zero-order valence-electron chi connectivity index (χ0n) is 16.6. The Labute approximate surface area is 162 Å². The predicted molar refractivity (Wildman–Crippen MR) is 108 cm³/mol. The summed E-state index contributed by atoms with van der Waals surface area (Å²) in [6, 6.07) is 7.85. The Morgan fingerprint density at radius 1 is 1.19 bits per heavy atom.